The summed E-state index contributed by atoms with van der Waals surface area (Å²) in [5.41, 5.74) is 0. The molecule has 0 rings (SSSR count). The predicted octanol–water partition coefficient (Wildman–Crippen LogP) is -0.967. The van der Waals surface area contributed by atoms with Crippen LogP contribution in [0.4, 0.5) is 0 Å². The van der Waals surface area contributed by atoms with Crippen LogP contribution < -0.4 is 5.11 Å². The molecule has 7 heavy (non-hydrogen) atoms. The first-order valence-electron chi connectivity index (χ1n) is 1.62. The van der Waals surface area contributed by atoms with E-state index in [0.29, 0.717) is 0 Å². The van der Waals surface area contributed by atoms with Gasteiger partial charge in [0.25, 0.3) is 0 Å². The Bertz CT molecular complexity index is 95.1. The van der Waals surface area contributed by atoms with Crippen LogP contribution in [0.15, 0.2) is 12.3 Å². The van der Waals surface area contributed by atoms with Crippen molar-refractivity contribution in [2.24, 2.45) is 0 Å². The molecule has 0 aliphatic rings. The number of carbonyl (C=O) groups is 1. The summed E-state index contributed by atoms with van der Waals surface area (Å²) in [7, 11) is 1.13. The van der Waals surface area contributed by atoms with Crippen LogP contribution in [0, 0.1) is 0 Å². The third-order valence-corrected chi connectivity index (χ3v) is 0.413. The molecule has 40 valence electrons. The molecule has 0 heterocycles. The van der Waals surface area contributed by atoms with Crippen molar-refractivity contribution in [3.8, 4) is 0 Å². The minimum atomic E-state index is -0.903. The first-order valence-corrected chi connectivity index (χ1v) is 1.62. The quantitative estimate of drug-likeness (QED) is 0.185. The van der Waals surface area contributed by atoms with Crippen molar-refractivity contribution in [3.05, 3.63) is 12.3 Å². The highest BCUT2D eigenvalue weighted by Crippen LogP contribution is 1.77. The smallest absolute Gasteiger partial charge is 0.321 e. The Labute approximate surface area is 41.2 Å². The van der Waals surface area contributed by atoms with E-state index in [0.717, 1.165) is 7.11 Å². The fourth-order valence-electron chi connectivity index (χ4n) is 0.114. The molecule has 0 atom stereocenters. The molecule has 0 aromatic heterocycles. The van der Waals surface area contributed by atoms with E-state index < -0.39 is 11.7 Å². The molecule has 0 saturated heterocycles. The second-order valence-corrected chi connectivity index (χ2v) is 0.915. The average Bonchev–Trinajstić information content (AvgIpc) is 1.65. The minimum absolute atomic E-state index is 0.817. The first kappa shape index (κ1) is 6.01. The maximum atomic E-state index is 9.88. The first-order chi connectivity index (χ1) is 3.18. The molecule has 0 amide bonds. The van der Waals surface area contributed by atoms with E-state index in [-0.39, 0.29) is 0 Å². The Kier molecular flexibility index (Phi) is 1.91. The Balaban J connectivity index is 3.58. The molecule has 0 aliphatic carbocycles. The Hall–Kier alpha value is -0.990. The van der Waals surface area contributed by atoms with Gasteiger partial charge in [-0.2, -0.15) is 0 Å². The number of esters is 1. The van der Waals surface area contributed by atoms with Gasteiger partial charge in [0.15, 0.2) is 0 Å². The topological polar surface area (TPSA) is 49.4 Å². The van der Waals surface area contributed by atoms with Gasteiger partial charge in [0.05, 0.1) is 7.11 Å². The lowest BCUT2D eigenvalue weighted by Gasteiger charge is -2.02. The van der Waals surface area contributed by atoms with Crippen LogP contribution in [0.5, 0.6) is 0 Å². The zero-order chi connectivity index (χ0) is 5.86. The second kappa shape index (κ2) is 2.23. The fraction of sp³-hybridized carbons (Fsp3) is 0.250. The largest absolute Gasteiger partial charge is 0.868 e. The van der Waals surface area contributed by atoms with E-state index in [1.807, 2.05) is 0 Å². The summed E-state index contributed by atoms with van der Waals surface area (Å²) in [6.45, 7) is 2.80. The summed E-state index contributed by atoms with van der Waals surface area (Å²) in [6.07, 6.45) is 0. The average molecular weight is 102 g/mol. The van der Waals surface area contributed by atoms with Crippen LogP contribution >= 0.6 is 0 Å². The van der Waals surface area contributed by atoms with Gasteiger partial charge in [-0.3, -0.25) is 0 Å². The van der Waals surface area contributed by atoms with Gasteiger partial charge in [-0.05, 0) is 5.76 Å². The Morgan fingerprint density at radius 3 is 2.29 bits per heavy atom. The van der Waals surface area contributed by atoms with Crippen LogP contribution in [-0.4, -0.2) is 13.1 Å². The van der Waals surface area contributed by atoms with Crippen LogP contribution in [0.2, 0.25) is 0 Å². The zero-order valence-electron chi connectivity index (χ0n) is 3.93. The number of hydrogen-bond donors (Lipinski definition) is 0. The lowest BCUT2D eigenvalue weighted by molar-refractivity contribution is -0.302. The van der Waals surface area contributed by atoms with Crippen LogP contribution in [0.3, 0.4) is 0 Å². The number of hydrogen-bond acceptors (Lipinski definition) is 3. The van der Waals surface area contributed by atoms with E-state index in [1.165, 1.54) is 0 Å². The van der Waals surface area contributed by atoms with Gasteiger partial charge in [-0.1, -0.05) is 6.58 Å². The van der Waals surface area contributed by atoms with Crippen LogP contribution in [0.25, 0.3) is 0 Å². The Morgan fingerprint density at radius 2 is 2.29 bits per heavy atom. The van der Waals surface area contributed by atoms with E-state index in [2.05, 4.69) is 11.3 Å². The lowest BCUT2D eigenvalue weighted by Crippen LogP contribution is -2.14. The van der Waals surface area contributed by atoms with Gasteiger partial charge >= 0.3 is 5.97 Å². The standard InChI is InChI=1S/C4H6O3/c1-3(5)4(6)7-2/h5H,1H2,2H3/p-1/i4+1. The minimum Gasteiger partial charge on any atom is -0.868 e. The lowest BCUT2D eigenvalue weighted by atomic mass is 10.8. The molecule has 0 aromatic rings. The van der Waals surface area contributed by atoms with Gasteiger partial charge < -0.3 is 9.84 Å². The highest BCUT2D eigenvalue weighted by Gasteiger charge is 1.89. The van der Waals surface area contributed by atoms with Gasteiger partial charge in [-0.15, -0.1) is 0 Å². The summed E-state index contributed by atoms with van der Waals surface area (Å²) in [6, 6.07) is 0. The molecular formula is C4H5O3-. The van der Waals surface area contributed by atoms with E-state index in [4.69, 9.17) is 0 Å². The van der Waals surface area contributed by atoms with Crippen molar-refractivity contribution in [2.75, 3.05) is 7.11 Å². The number of carbonyl (C=O) groups excluding carboxylic acids is 1. The molecule has 0 bridgehead atoms. The van der Waals surface area contributed by atoms with E-state index in [1.54, 1.807) is 0 Å². The molecule has 3 nitrogen and oxygen atoms in total. The number of rotatable bonds is 1. The molecular weight excluding hydrogens is 97.0 g/mol. The summed E-state index contributed by atoms with van der Waals surface area (Å²) >= 11 is 0. The normalized spacial score (nSPS) is 7.57. The second-order valence-electron chi connectivity index (χ2n) is 0.915. The van der Waals surface area contributed by atoms with Crippen molar-refractivity contribution in [3.63, 3.8) is 0 Å². The van der Waals surface area contributed by atoms with E-state index >= 15 is 0 Å². The maximum absolute atomic E-state index is 9.88. The summed E-state index contributed by atoms with van der Waals surface area (Å²) in [5, 5.41) is 9.79. The summed E-state index contributed by atoms with van der Waals surface area (Å²) < 4.78 is 3.96. The van der Waals surface area contributed by atoms with Gasteiger partial charge in [0, 0.05) is 0 Å². The Morgan fingerprint density at radius 1 is 1.86 bits per heavy atom. The van der Waals surface area contributed by atoms with Gasteiger partial charge in [0.1, 0.15) is 0 Å². The van der Waals surface area contributed by atoms with Crippen molar-refractivity contribution in [2.45, 2.75) is 0 Å². The van der Waals surface area contributed by atoms with Crippen LogP contribution in [0.1, 0.15) is 0 Å². The van der Waals surface area contributed by atoms with E-state index in [9.17, 15) is 9.90 Å². The highest BCUT2D eigenvalue weighted by molar-refractivity contribution is 5.84. The zero-order valence-corrected chi connectivity index (χ0v) is 3.93. The van der Waals surface area contributed by atoms with Crippen molar-refractivity contribution in [1.82, 2.24) is 0 Å². The molecule has 0 N–H and O–H groups in total. The SMILES string of the molecule is C=C([O-])[13C](=O)OC. The van der Waals surface area contributed by atoms with Crippen molar-refractivity contribution >= 4 is 5.97 Å². The third-order valence-electron chi connectivity index (χ3n) is 0.413. The number of methoxy groups -OCH3 is 1. The molecule has 0 spiro atoms. The molecule has 3 heteroatoms. The molecule has 0 aromatic carbocycles. The third kappa shape index (κ3) is 1.81. The highest BCUT2D eigenvalue weighted by atomic mass is 16.6. The predicted molar refractivity (Wildman–Crippen MR) is 21.2 cm³/mol. The van der Waals surface area contributed by atoms with Gasteiger partial charge in [0.2, 0.25) is 0 Å². The van der Waals surface area contributed by atoms with Crippen molar-refractivity contribution in [1.29, 1.82) is 0 Å². The molecule has 0 fully saturated rings. The van der Waals surface area contributed by atoms with Crippen LogP contribution in [-0.2, 0) is 9.53 Å². The molecule has 0 unspecified atom stereocenters. The number of ether oxygens (including phenoxy) is 1. The summed E-state index contributed by atoms with van der Waals surface area (Å²) in [5.74, 6) is -1.72. The molecule has 0 aliphatic heterocycles. The maximum Gasteiger partial charge on any atom is 0.321 e. The van der Waals surface area contributed by atoms with Crippen molar-refractivity contribution < 1.29 is 14.6 Å². The monoisotopic (exact) mass is 102 g/mol. The fourth-order valence-corrected chi connectivity index (χ4v) is 0.114. The summed E-state index contributed by atoms with van der Waals surface area (Å²) in [4.78, 5) is 9.88. The van der Waals surface area contributed by atoms with Gasteiger partial charge in [-0.25, -0.2) is 4.79 Å². The molecule has 0 saturated carbocycles. The molecule has 0 radical (unpaired) electrons.